The van der Waals surface area contributed by atoms with Crippen molar-refractivity contribution >= 4 is 35.0 Å². The lowest BCUT2D eigenvalue weighted by Gasteiger charge is -2.32. The zero-order valence-electron chi connectivity index (χ0n) is 20.8. The molecule has 0 saturated carbocycles. The van der Waals surface area contributed by atoms with Crippen LogP contribution in [0.3, 0.4) is 0 Å². The molecule has 2 unspecified atom stereocenters. The number of hydrogen-bond acceptors (Lipinski definition) is 3. The van der Waals surface area contributed by atoms with Gasteiger partial charge in [-0.15, -0.1) is 0 Å². The third-order valence-corrected chi connectivity index (χ3v) is 6.65. The van der Waals surface area contributed by atoms with Gasteiger partial charge in [0.1, 0.15) is 11.8 Å². The summed E-state index contributed by atoms with van der Waals surface area (Å²) in [5.41, 5.74) is 2.97. The van der Waals surface area contributed by atoms with Crippen molar-refractivity contribution in [2.45, 2.75) is 52.2 Å². The number of benzene rings is 3. The smallest absolute Gasteiger partial charge is 0.261 e. The van der Waals surface area contributed by atoms with Gasteiger partial charge in [-0.1, -0.05) is 84.7 Å². The summed E-state index contributed by atoms with van der Waals surface area (Å²) in [5, 5.41) is 3.86. The van der Waals surface area contributed by atoms with Gasteiger partial charge in [0, 0.05) is 24.0 Å². The van der Waals surface area contributed by atoms with Crippen LogP contribution in [0.2, 0.25) is 10.0 Å². The van der Waals surface area contributed by atoms with Crippen LogP contribution < -0.4 is 10.1 Å². The Morgan fingerprint density at radius 2 is 1.69 bits per heavy atom. The summed E-state index contributed by atoms with van der Waals surface area (Å²) in [6, 6.07) is 21.7. The van der Waals surface area contributed by atoms with Gasteiger partial charge in [-0.3, -0.25) is 9.59 Å². The van der Waals surface area contributed by atoms with E-state index in [0.717, 1.165) is 23.1 Å². The molecule has 1 N–H and O–H groups in total. The first-order chi connectivity index (χ1) is 17.3. The van der Waals surface area contributed by atoms with Gasteiger partial charge in [-0.05, 0) is 55.2 Å². The van der Waals surface area contributed by atoms with Crippen LogP contribution in [0, 0.1) is 6.92 Å². The Morgan fingerprint density at radius 3 is 2.36 bits per heavy atom. The molecule has 0 radical (unpaired) electrons. The molecule has 3 aromatic carbocycles. The molecule has 0 saturated heterocycles. The Kier molecular flexibility index (Phi) is 10.2. The van der Waals surface area contributed by atoms with E-state index in [4.69, 9.17) is 27.9 Å². The molecule has 0 fully saturated rings. The maximum absolute atomic E-state index is 13.7. The highest BCUT2D eigenvalue weighted by atomic mass is 35.5. The van der Waals surface area contributed by atoms with E-state index in [9.17, 15) is 9.59 Å². The van der Waals surface area contributed by atoms with Crippen molar-refractivity contribution < 1.29 is 14.3 Å². The maximum Gasteiger partial charge on any atom is 0.261 e. The molecular formula is C29H32Cl2N2O3. The minimum absolute atomic E-state index is 0.0182. The Labute approximate surface area is 223 Å². The quantitative estimate of drug-likeness (QED) is 0.322. The van der Waals surface area contributed by atoms with Crippen LogP contribution in [0.15, 0.2) is 72.8 Å². The molecule has 7 heteroatoms. The first-order valence-corrected chi connectivity index (χ1v) is 12.8. The topological polar surface area (TPSA) is 58.6 Å². The van der Waals surface area contributed by atoms with E-state index in [1.165, 1.54) is 0 Å². The number of nitrogens with zero attached hydrogens (tertiary/aromatic N) is 1. The number of aryl methyl sites for hydroxylation is 1. The minimum atomic E-state index is -0.724. The summed E-state index contributed by atoms with van der Waals surface area (Å²) in [6.45, 7) is 5.96. The molecule has 36 heavy (non-hydrogen) atoms. The highest BCUT2D eigenvalue weighted by Gasteiger charge is 2.31. The van der Waals surface area contributed by atoms with Crippen molar-refractivity contribution in [2.24, 2.45) is 0 Å². The Balaban J connectivity index is 1.93. The molecule has 3 aromatic rings. The summed E-state index contributed by atoms with van der Waals surface area (Å²) in [4.78, 5) is 28.8. The molecule has 0 aliphatic carbocycles. The van der Waals surface area contributed by atoms with Crippen molar-refractivity contribution in [3.8, 4) is 5.75 Å². The second-order valence-electron chi connectivity index (χ2n) is 8.83. The van der Waals surface area contributed by atoms with Crippen molar-refractivity contribution in [3.63, 3.8) is 0 Å². The third-order valence-electron chi connectivity index (χ3n) is 6.12. The molecule has 0 bridgehead atoms. The minimum Gasteiger partial charge on any atom is -0.482 e. The Bertz CT molecular complexity index is 1170. The SMILES string of the molecule is CCC(C)NC(=O)C(Cc1ccccc1)N(Cc1ccccc1C)C(=O)COc1ccc(Cl)cc1Cl. The van der Waals surface area contributed by atoms with Crippen molar-refractivity contribution in [3.05, 3.63) is 99.5 Å². The molecule has 0 aliphatic heterocycles. The van der Waals surface area contributed by atoms with Crippen LogP contribution in [0.5, 0.6) is 5.75 Å². The van der Waals surface area contributed by atoms with Crippen LogP contribution in [0.25, 0.3) is 0 Å². The number of nitrogens with one attached hydrogen (secondary N) is 1. The zero-order valence-corrected chi connectivity index (χ0v) is 22.4. The Morgan fingerprint density at radius 1 is 1.00 bits per heavy atom. The molecule has 0 spiro atoms. The van der Waals surface area contributed by atoms with E-state index in [0.29, 0.717) is 22.2 Å². The second kappa shape index (κ2) is 13.3. The van der Waals surface area contributed by atoms with Crippen LogP contribution in [-0.4, -0.2) is 35.4 Å². The third kappa shape index (κ3) is 7.74. The van der Waals surface area contributed by atoms with Gasteiger partial charge in [-0.25, -0.2) is 0 Å². The molecule has 190 valence electrons. The van der Waals surface area contributed by atoms with Gasteiger partial charge in [0.2, 0.25) is 5.91 Å². The molecule has 0 aliphatic rings. The Hall–Kier alpha value is -3.02. The van der Waals surface area contributed by atoms with E-state index in [1.54, 1.807) is 23.1 Å². The summed E-state index contributed by atoms with van der Waals surface area (Å²) in [6.07, 6.45) is 1.16. The number of carbonyl (C=O) groups is 2. The van der Waals surface area contributed by atoms with E-state index >= 15 is 0 Å². The van der Waals surface area contributed by atoms with E-state index in [2.05, 4.69) is 5.32 Å². The van der Waals surface area contributed by atoms with Crippen molar-refractivity contribution in [2.75, 3.05) is 6.61 Å². The molecule has 0 aromatic heterocycles. The largest absolute Gasteiger partial charge is 0.482 e. The average Bonchev–Trinajstić information content (AvgIpc) is 2.87. The summed E-state index contributed by atoms with van der Waals surface area (Å²) in [7, 11) is 0. The van der Waals surface area contributed by atoms with E-state index in [-0.39, 0.29) is 31.0 Å². The molecular weight excluding hydrogens is 495 g/mol. The second-order valence-corrected chi connectivity index (χ2v) is 9.68. The highest BCUT2D eigenvalue weighted by molar-refractivity contribution is 6.35. The van der Waals surface area contributed by atoms with Gasteiger partial charge in [0.25, 0.3) is 5.91 Å². The van der Waals surface area contributed by atoms with Gasteiger partial charge in [0.15, 0.2) is 6.61 Å². The van der Waals surface area contributed by atoms with Crippen LogP contribution in [0.1, 0.15) is 37.0 Å². The fourth-order valence-corrected chi connectivity index (χ4v) is 4.24. The predicted molar refractivity (Wildman–Crippen MR) is 146 cm³/mol. The van der Waals surface area contributed by atoms with Gasteiger partial charge in [0.05, 0.1) is 5.02 Å². The van der Waals surface area contributed by atoms with Gasteiger partial charge < -0.3 is 15.0 Å². The van der Waals surface area contributed by atoms with Crippen molar-refractivity contribution in [1.29, 1.82) is 0 Å². The number of rotatable bonds is 11. The highest BCUT2D eigenvalue weighted by Crippen LogP contribution is 2.27. The average molecular weight is 527 g/mol. The predicted octanol–water partition coefficient (Wildman–Crippen LogP) is 6.24. The first-order valence-electron chi connectivity index (χ1n) is 12.0. The van der Waals surface area contributed by atoms with Crippen molar-refractivity contribution in [1.82, 2.24) is 10.2 Å². The summed E-state index contributed by atoms with van der Waals surface area (Å²) in [5.74, 6) is -0.155. The maximum atomic E-state index is 13.7. The van der Waals surface area contributed by atoms with Crippen LogP contribution in [0.4, 0.5) is 0 Å². The number of hydrogen-bond donors (Lipinski definition) is 1. The molecule has 2 amide bonds. The lowest BCUT2D eigenvalue weighted by Crippen LogP contribution is -2.53. The van der Waals surface area contributed by atoms with Gasteiger partial charge >= 0.3 is 0 Å². The van der Waals surface area contributed by atoms with Gasteiger partial charge in [-0.2, -0.15) is 0 Å². The number of carbonyl (C=O) groups excluding carboxylic acids is 2. The van der Waals surface area contributed by atoms with Crippen LogP contribution >= 0.6 is 23.2 Å². The van der Waals surface area contributed by atoms with E-state index < -0.39 is 6.04 Å². The standard InChI is InChI=1S/C29H32Cl2N2O3/c1-4-21(3)32-29(35)26(16-22-11-6-5-7-12-22)33(18-23-13-9-8-10-20(23)2)28(34)19-36-27-15-14-24(30)17-25(27)31/h5-15,17,21,26H,4,16,18-19H2,1-3H3,(H,32,35). The number of ether oxygens (including phenoxy) is 1. The normalized spacial score (nSPS) is 12.5. The zero-order chi connectivity index (χ0) is 26.1. The number of halogens is 2. The fourth-order valence-electron chi connectivity index (χ4n) is 3.78. The first kappa shape index (κ1) is 27.6. The lowest BCUT2D eigenvalue weighted by atomic mass is 10.0. The summed E-state index contributed by atoms with van der Waals surface area (Å²) < 4.78 is 5.77. The monoisotopic (exact) mass is 526 g/mol. The van der Waals surface area contributed by atoms with Crippen LogP contribution in [-0.2, 0) is 22.6 Å². The lowest BCUT2D eigenvalue weighted by molar-refractivity contribution is -0.143. The molecule has 3 rings (SSSR count). The van der Waals surface area contributed by atoms with E-state index in [1.807, 2.05) is 75.4 Å². The molecule has 0 heterocycles. The fraction of sp³-hybridized carbons (Fsp3) is 0.310. The molecule has 5 nitrogen and oxygen atoms in total. The number of amides is 2. The summed E-state index contributed by atoms with van der Waals surface area (Å²) >= 11 is 12.2. The molecule has 2 atom stereocenters.